The minimum Gasteiger partial charge on any atom is -0.446 e. The van der Waals surface area contributed by atoms with Gasteiger partial charge in [-0.2, -0.15) is 13.2 Å². The van der Waals surface area contributed by atoms with E-state index in [1.165, 1.54) is 18.9 Å². The van der Waals surface area contributed by atoms with E-state index >= 15 is 0 Å². The van der Waals surface area contributed by atoms with E-state index in [4.69, 9.17) is 4.74 Å². The van der Waals surface area contributed by atoms with Gasteiger partial charge >= 0.3 is 12.3 Å². The molecule has 7 nitrogen and oxygen atoms in total. The van der Waals surface area contributed by atoms with Crippen LogP contribution in [0.2, 0.25) is 0 Å². The van der Waals surface area contributed by atoms with Crippen LogP contribution >= 0.6 is 0 Å². The minimum absolute atomic E-state index is 0.0599. The van der Waals surface area contributed by atoms with Crippen molar-refractivity contribution in [2.75, 3.05) is 23.5 Å². The van der Waals surface area contributed by atoms with Crippen LogP contribution < -0.4 is 9.80 Å². The molecule has 1 aromatic carbocycles. The maximum Gasteiger partial charge on any atom is 0.416 e. The maximum absolute atomic E-state index is 13.2. The highest BCUT2D eigenvalue weighted by Crippen LogP contribution is 2.33. The predicted molar refractivity (Wildman–Crippen MR) is 107 cm³/mol. The van der Waals surface area contributed by atoms with Gasteiger partial charge in [0.1, 0.15) is 12.4 Å². The molecule has 10 heteroatoms. The average Bonchev–Trinajstić information content (AvgIpc) is 3.12. The highest BCUT2D eigenvalue weighted by atomic mass is 19.4. The summed E-state index contributed by atoms with van der Waals surface area (Å²) in [7, 11) is 1.51. The number of cyclic esters (lactones) is 1. The van der Waals surface area contributed by atoms with Crippen LogP contribution in [-0.4, -0.2) is 41.7 Å². The van der Waals surface area contributed by atoms with Crippen molar-refractivity contribution in [2.45, 2.75) is 19.1 Å². The molecule has 1 saturated heterocycles. The zero-order valence-electron chi connectivity index (χ0n) is 16.6. The summed E-state index contributed by atoms with van der Waals surface area (Å²) < 4.78 is 44.6. The fraction of sp³-hybridized carbons (Fsp3) is 0.238. The SMILES string of the molecule is Cc1cc(C(F)(F)F)cc(N2C(=O)OCC2C(=O)N(C)c2ccc3cccnc3c2)n1. The summed E-state index contributed by atoms with van der Waals surface area (Å²) in [5.74, 6) is -0.820. The fourth-order valence-corrected chi connectivity index (χ4v) is 3.41. The Morgan fingerprint density at radius 1 is 1.23 bits per heavy atom. The van der Waals surface area contributed by atoms with E-state index in [1.54, 1.807) is 30.5 Å². The first-order chi connectivity index (χ1) is 14.6. The van der Waals surface area contributed by atoms with Gasteiger partial charge < -0.3 is 9.64 Å². The molecule has 1 unspecified atom stereocenters. The highest BCUT2D eigenvalue weighted by molar-refractivity contribution is 6.06. The molecule has 0 bridgehead atoms. The third-order valence-electron chi connectivity index (χ3n) is 4.98. The van der Waals surface area contributed by atoms with E-state index in [0.29, 0.717) is 11.2 Å². The number of amides is 2. The van der Waals surface area contributed by atoms with Crippen molar-refractivity contribution in [3.63, 3.8) is 0 Å². The van der Waals surface area contributed by atoms with Crippen molar-refractivity contribution in [3.05, 3.63) is 59.9 Å². The van der Waals surface area contributed by atoms with Gasteiger partial charge in [0.2, 0.25) is 0 Å². The minimum atomic E-state index is -4.62. The van der Waals surface area contributed by atoms with E-state index < -0.39 is 29.8 Å². The molecule has 160 valence electrons. The zero-order chi connectivity index (χ0) is 22.3. The molecule has 2 amide bonds. The summed E-state index contributed by atoms with van der Waals surface area (Å²) in [6, 6.07) is 9.34. The number of fused-ring (bicyclic) bond motifs is 1. The Bertz CT molecular complexity index is 1180. The molecule has 0 saturated carbocycles. The fourth-order valence-electron chi connectivity index (χ4n) is 3.41. The Morgan fingerprint density at radius 2 is 2.00 bits per heavy atom. The van der Waals surface area contributed by atoms with E-state index in [1.807, 2.05) is 6.07 Å². The molecule has 0 spiro atoms. The summed E-state index contributed by atoms with van der Waals surface area (Å²) in [5, 5.41) is 0.886. The molecule has 0 radical (unpaired) electrons. The molecule has 0 aliphatic carbocycles. The third kappa shape index (κ3) is 3.88. The van der Waals surface area contributed by atoms with Gasteiger partial charge in [0.25, 0.3) is 5.91 Å². The van der Waals surface area contributed by atoms with Crippen molar-refractivity contribution in [1.82, 2.24) is 9.97 Å². The number of pyridine rings is 2. The number of hydrogen-bond acceptors (Lipinski definition) is 5. The second kappa shape index (κ2) is 7.53. The number of benzene rings is 1. The van der Waals surface area contributed by atoms with Gasteiger partial charge in [-0.05, 0) is 37.3 Å². The number of nitrogens with zero attached hydrogens (tertiary/aromatic N) is 4. The second-order valence-corrected chi connectivity index (χ2v) is 7.09. The number of halogens is 3. The molecular weight excluding hydrogens is 413 g/mol. The van der Waals surface area contributed by atoms with Crippen LogP contribution in [0.15, 0.2) is 48.7 Å². The van der Waals surface area contributed by atoms with Gasteiger partial charge in [0, 0.05) is 30.0 Å². The van der Waals surface area contributed by atoms with Gasteiger partial charge in [0.05, 0.1) is 11.1 Å². The van der Waals surface area contributed by atoms with Gasteiger partial charge in [0.15, 0.2) is 6.04 Å². The van der Waals surface area contributed by atoms with Crippen molar-refractivity contribution >= 4 is 34.4 Å². The molecule has 2 aromatic heterocycles. The Labute approximate surface area is 175 Å². The first-order valence-electron chi connectivity index (χ1n) is 9.29. The zero-order valence-corrected chi connectivity index (χ0v) is 16.6. The monoisotopic (exact) mass is 430 g/mol. The second-order valence-electron chi connectivity index (χ2n) is 7.09. The molecule has 3 aromatic rings. The summed E-state index contributed by atoms with van der Waals surface area (Å²) >= 11 is 0. The van der Waals surface area contributed by atoms with E-state index in [2.05, 4.69) is 9.97 Å². The first kappa shape index (κ1) is 20.6. The lowest BCUT2D eigenvalue weighted by molar-refractivity contribution is -0.137. The molecule has 1 atom stereocenters. The number of likely N-dealkylation sites (N-methyl/N-ethyl adjacent to an activating group) is 1. The lowest BCUT2D eigenvalue weighted by Crippen LogP contribution is -2.47. The lowest BCUT2D eigenvalue weighted by Gasteiger charge is -2.26. The Balaban J connectivity index is 1.67. The van der Waals surface area contributed by atoms with Gasteiger partial charge in [-0.3, -0.25) is 9.78 Å². The summed E-state index contributed by atoms with van der Waals surface area (Å²) in [5.41, 5.74) is 0.286. The standard InChI is InChI=1S/C21H17F3N4O3/c1-12-8-14(21(22,23)24)9-18(26-12)28-17(11-31-20(28)30)19(29)27(2)15-6-5-13-4-3-7-25-16(13)10-15/h3-10,17H,11H2,1-2H3. The highest BCUT2D eigenvalue weighted by Gasteiger charge is 2.43. The molecular formula is C21H17F3N4O3. The van der Waals surface area contributed by atoms with Crippen molar-refractivity contribution < 1.29 is 27.5 Å². The van der Waals surface area contributed by atoms with Gasteiger partial charge in [-0.15, -0.1) is 0 Å². The lowest BCUT2D eigenvalue weighted by atomic mass is 10.1. The number of aromatic nitrogens is 2. The predicted octanol–water partition coefficient (Wildman–Crippen LogP) is 3.95. The van der Waals surface area contributed by atoms with Gasteiger partial charge in [-0.25, -0.2) is 14.7 Å². The smallest absolute Gasteiger partial charge is 0.416 e. The van der Waals surface area contributed by atoms with Crippen molar-refractivity contribution in [2.24, 2.45) is 0 Å². The number of anilines is 2. The van der Waals surface area contributed by atoms with Crippen LogP contribution in [0.25, 0.3) is 10.9 Å². The quantitative estimate of drug-likeness (QED) is 0.629. The average molecular weight is 430 g/mol. The van der Waals surface area contributed by atoms with Crippen LogP contribution in [0.4, 0.5) is 29.5 Å². The van der Waals surface area contributed by atoms with E-state index in [0.717, 1.165) is 22.4 Å². The number of alkyl halides is 3. The maximum atomic E-state index is 13.2. The number of ether oxygens (including phenoxy) is 1. The molecule has 1 aliphatic rings. The van der Waals surface area contributed by atoms with Crippen molar-refractivity contribution in [1.29, 1.82) is 0 Å². The summed E-state index contributed by atoms with van der Waals surface area (Å²) in [6.45, 7) is 1.08. The molecule has 4 rings (SSSR count). The normalized spacial score (nSPS) is 16.5. The number of aryl methyl sites for hydroxylation is 1. The van der Waals surface area contributed by atoms with E-state index in [-0.39, 0.29) is 18.1 Å². The van der Waals surface area contributed by atoms with Crippen LogP contribution in [0.1, 0.15) is 11.3 Å². The van der Waals surface area contributed by atoms with Crippen LogP contribution in [0.3, 0.4) is 0 Å². The largest absolute Gasteiger partial charge is 0.446 e. The van der Waals surface area contributed by atoms with Crippen LogP contribution in [0.5, 0.6) is 0 Å². The number of carbonyl (C=O) groups excluding carboxylic acids is 2. The number of rotatable bonds is 3. The van der Waals surface area contributed by atoms with Crippen LogP contribution in [-0.2, 0) is 15.7 Å². The molecule has 1 fully saturated rings. The number of hydrogen-bond donors (Lipinski definition) is 0. The Morgan fingerprint density at radius 3 is 2.74 bits per heavy atom. The third-order valence-corrected chi connectivity index (χ3v) is 4.98. The van der Waals surface area contributed by atoms with Crippen LogP contribution in [0, 0.1) is 6.92 Å². The topological polar surface area (TPSA) is 75.6 Å². The summed E-state index contributed by atoms with van der Waals surface area (Å²) in [4.78, 5) is 35.9. The first-order valence-corrected chi connectivity index (χ1v) is 9.29. The molecule has 0 N–H and O–H groups in total. The molecule has 3 heterocycles. The van der Waals surface area contributed by atoms with E-state index in [9.17, 15) is 22.8 Å². The van der Waals surface area contributed by atoms with Crippen molar-refractivity contribution in [3.8, 4) is 0 Å². The number of carbonyl (C=O) groups is 2. The summed E-state index contributed by atoms with van der Waals surface area (Å²) in [6.07, 6.45) is -3.93. The Kier molecular flexibility index (Phi) is 5.00. The molecule has 1 aliphatic heterocycles. The molecule has 31 heavy (non-hydrogen) atoms. The Hall–Kier alpha value is -3.69. The van der Waals surface area contributed by atoms with Gasteiger partial charge in [-0.1, -0.05) is 12.1 Å².